The molecule has 0 spiro atoms. The predicted octanol–water partition coefficient (Wildman–Crippen LogP) is 2.62. The zero-order valence-corrected chi connectivity index (χ0v) is 10.4. The minimum atomic E-state index is -0.430. The largest absolute Gasteiger partial charge is 0.271 e. The van der Waals surface area contributed by atoms with E-state index in [1.807, 2.05) is 12.1 Å². The number of nitrogens with one attached hydrogen (secondary N) is 1. The molecule has 2 aromatic rings. The summed E-state index contributed by atoms with van der Waals surface area (Å²) >= 11 is 5.76. The number of pyridine rings is 1. The highest BCUT2D eigenvalue weighted by Gasteiger charge is 2.12. The van der Waals surface area contributed by atoms with Gasteiger partial charge in [0, 0.05) is 12.4 Å². The van der Waals surface area contributed by atoms with Crippen molar-refractivity contribution in [3.05, 3.63) is 64.7 Å². The summed E-state index contributed by atoms with van der Waals surface area (Å²) in [5.74, 6) is 5.11. The van der Waals surface area contributed by atoms with Crippen molar-refractivity contribution < 1.29 is 4.39 Å². The van der Waals surface area contributed by atoms with Crippen molar-refractivity contribution in [2.45, 2.75) is 12.5 Å². The molecule has 0 fully saturated rings. The van der Waals surface area contributed by atoms with Crippen molar-refractivity contribution in [3.63, 3.8) is 0 Å². The summed E-state index contributed by atoms with van der Waals surface area (Å²) < 4.78 is 13.1. The number of hydrazine groups is 1. The Balaban J connectivity index is 2.20. The molecule has 0 bridgehead atoms. The van der Waals surface area contributed by atoms with Gasteiger partial charge in [-0.1, -0.05) is 17.7 Å². The van der Waals surface area contributed by atoms with E-state index in [1.165, 1.54) is 6.07 Å². The zero-order valence-electron chi connectivity index (χ0n) is 9.61. The number of nitrogens with two attached hydrogens (primary N) is 1. The Kier molecular flexibility index (Phi) is 4.25. The van der Waals surface area contributed by atoms with Gasteiger partial charge in [0.15, 0.2) is 0 Å². The number of benzene rings is 1. The standard InChI is InChI=1S/C13H13ClFN3/c14-11-8-10(1-2-12(11)15)13(18-16)7-9-3-5-17-6-4-9/h1-6,8,13,18H,7,16H2. The first-order chi connectivity index (χ1) is 8.70. The van der Waals surface area contributed by atoms with Gasteiger partial charge in [-0.05, 0) is 41.8 Å². The first-order valence-corrected chi connectivity index (χ1v) is 5.88. The van der Waals surface area contributed by atoms with Crippen LogP contribution in [0, 0.1) is 5.82 Å². The Morgan fingerprint density at radius 1 is 1.28 bits per heavy atom. The zero-order chi connectivity index (χ0) is 13.0. The summed E-state index contributed by atoms with van der Waals surface area (Å²) in [5.41, 5.74) is 4.65. The average Bonchev–Trinajstić information content (AvgIpc) is 2.40. The molecule has 2 rings (SSSR count). The van der Waals surface area contributed by atoms with Gasteiger partial charge < -0.3 is 0 Å². The average molecular weight is 266 g/mol. The maximum absolute atomic E-state index is 13.1. The van der Waals surface area contributed by atoms with Crippen LogP contribution in [0.15, 0.2) is 42.7 Å². The summed E-state index contributed by atoms with van der Waals surface area (Å²) in [7, 11) is 0. The van der Waals surface area contributed by atoms with Crippen molar-refractivity contribution in [1.82, 2.24) is 10.4 Å². The van der Waals surface area contributed by atoms with E-state index in [9.17, 15) is 4.39 Å². The van der Waals surface area contributed by atoms with E-state index in [0.29, 0.717) is 6.42 Å². The van der Waals surface area contributed by atoms with Crippen LogP contribution in [0.3, 0.4) is 0 Å². The fourth-order valence-corrected chi connectivity index (χ4v) is 1.95. The van der Waals surface area contributed by atoms with Crippen molar-refractivity contribution >= 4 is 11.6 Å². The Labute approximate surface area is 110 Å². The molecule has 0 saturated heterocycles. The molecule has 0 aliphatic rings. The molecule has 0 amide bonds. The van der Waals surface area contributed by atoms with E-state index >= 15 is 0 Å². The lowest BCUT2D eigenvalue weighted by Gasteiger charge is -2.16. The second kappa shape index (κ2) is 5.91. The summed E-state index contributed by atoms with van der Waals surface area (Å²) in [4.78, 5) is 3.95. The number of halogens is 2. The SMILES string of the molecule is NNC(Cc1ccncc1)c1ccc(F)c(Cl)c1. The number of nitrogens with zero attached hydrogens (tertiary/aromatic N) is 1. The molecule has 3 N–H and O–H groups in total. The first kappa shape index (κ1) is 13.0. The summed E-state index contributed by atoms with van der Waals surface area (Å²) in [6.45, 7) is 0. The van der Waals surface area contributed by atoms with E-state index in [4.69, 9.17) is 17.4 Å². The van der Waals surface area contributed by atoms with Gasteiger partial charge in [0.05, 0.1) is 11.1 Å². The number of aromatic nitrogens is 1. The minimum absolute atomic E-state index is 0.0995. The highest BCUT2D eigenvalue weighted by atomic mass is 35.5. The Morgan fingerprint density at radius 3 is 2.61 bits per heavy atom. The Hall–Kier alpha value is -1.49. The van der Waals surface area contributed by atoms with Crippen LogP contribution < -0.4 is 11.3 Å². The molecule has 0 aliphatic heterocycles. The molecule has 1 unspecified atom stereocenters. The molecule has 0 aliphatic carbocycles. The first-order valence-electron chi connectivity index (χ1n) is 5.50. The molecule has 3 nitrogen and oxygen atoms in total. The number of rotatable bonds is 4. The molecule has 18 heavy (non-hydrogen) atoms. The van der Waals surface area contributed by atoms with Gasteiger partial charge in [-0.2, -0.15) is 0 Å². The van der Waals surface area contributed by atoms with Crippen LogP contribution in [-0.2, 0) is 6.42 Å². The second-order valence-corrected chi connectivity index (χ2v) is 4.36. The van der Waals surface area contributed by atoms with E-state index < -0.39 is 5.82 Å². The van der Waals surface area contributed by atoms with Crippen LogP contribution >= 0.6 is 11.6 Å². The summed E-state index contributed by atoms with van der Waals surface area (Å²) in [6, 6.07) is 8.31. The van der Waals surface area contributed by atoms with Crippen molar-refractivity contribution in [1.29, 1.82) is 0 Å². The lowest BCUT2D eigenvalue weighted by molar-refractivity contribution is 0.549. The van der Waals surface area contributed by atoms with Crippen molar-refractivity contribution in [3.8, 4) is 0 Å². The smallest absolute Gasteiger partial charge is 0.141 e. The quantitative estimate of drug-likeness (QED) is 0.660. The van der Waals surface area contributed by atoms with E-state index in [-0.39, 0.29) is 11.1 Å². The maximum atomic E-state index is 13.1. The van der Waals surface area contributed by atoms with E-state index in [0.717, 1.165) is 11.1 Å². The molecule has 1 atom stereocenters. The Morgan fingerprint density at radius 2 is 2.00 bits per heavy atom. The number of hydrogen-bond donors (Lipinski definition) is 2. The van der Waals surface area contributed by atoms with Crippen LogP contribution in [0.25, 0.3) is 0 Å². The Bertz CT molecular complexity index is 519. The van der Waals surface area contributed by atoms with Gasteiger partial charge in [0.1, 0.15) is 5.82 Å². The lowest BCUT2D eigenvalue weighted by atomic mass is 10.00. The normalized spacial score (nSPS) is 12.4. The topological polar surface area (TPSA) is 50.9 Å². The molecule has 5 heteroatoms. The number of hydrogen-bond acceptors (Lipinski definition) is 3. The predicted molar refractivity (Wildman–Crippen MR) is 69.4 cm³/mol. The van der Waals surface area contributed by atoms with Crippen molar-refractivity contribution in [2.75, 3.05) is 0 Å². The van der Waals surface area contributed by atoms with Gasteiger partial charge in [-0.15, -0.1) is 0 Å². The minimum Gasteiger partial charge on any atom is -0.271 e. The maximum Gasteiger partial charge on any atom is 0.141 e. The molecule has 94 valence electrons. The van der Waals surface area contributed by atoms with Gasteiger partial charge in [0.25, 0.3) is 0 Å². The molecule has 0 radical (unpaired) electrons. The summed E-state index contributed by atoms with van der Waals surface area (Å²) in [6.07, 6.45) is 4.13. The van der Waals surface area contributed by atoms with Crippen LogP contribution in [0.5, 0.6) is 0 Å². The van der Waals surface area contributed by atoms with Crippen LogP contribution in [-0.4, -0.2) is 4.98 Å². The molecule has 1 aromatic carbocycles. The van der Waals surface area contributed by atoms with E-state index in [1.54, 1.807) is 24.5 Å². The van der Waals surface area contributed by atoms with Gasteiger partial charge >= 0.3 is 0 Å². The second-order valence-electron chi connectivity index (χ2n) is 3.95. The van der Waals surface area contributed by atoms with E-state index in [2.05, 4.69) is 10.4 Å². The fraction of sp³-hybridized carbons (Fsp3) is 0.154. The van der Waals surface area contributed by atoms with Crippen LogP contribution in [0.1, 0.15) is 17.2 Å². The van der Waals surface area contributed by atoms with Crippen LogP contribution in [0.2, 0.25) is 5.02 Å². The third-order valence-corrected chi connectivity index (χ3v) is 3.03. The van der Waals surface area contributed by atoms with Gasteiger partial charge in [0.2, 0.25) is 0 Å². The summed E-state index contributed by atoms with van der Waals surface area (Å²) in [5, 5.41) is 0.0995. The molecular weight excluding hydrogens is 253 g/mol. The van der Waals surface area contributed by atoms with Crippen LogP contribution in [0.4, 0.5) is 4.39 Å². The third kappa shape index (κ3) is 3.04. The third-order valence-electron chi connectivity index (χ3n) is 2.74. The van der Waals surface area contributed by atoms with Gasteiger partial charge in [-0.3, -0.25) is 16.3 Å². The lowest BCUT2D eigenvalue weighted by Crippen LogP contribution is -2.29. The highest BCUT2D eigenvalue weighted by molar-refractivity contribution is 6.30. The highest BCUT2D eigenvalue weighted by Crippen LogP contribution is 2.22. The molecule has 0 saturated carbocycles. The molecule has 1 heterocycles. The monoisotopic (exact) mass is 265 g/mol. The fourth-order valence-electron chi connectivity index (χ4n) is 1.76. The molecule has 1 aromatic heterocycles. The van der Waals surface area contributed by atoms with Gasteiger partial charge in [-0.25, -0.2) is 4.39 Å². The van der Waals surface area contributed by atoms with Crippen molar-refractivity contribution in [2.24, 2.45) is 5.84 Å². The molecular formula is C13H13ClFN3.